The van der Waals surface area contributed by atoms with Crippen LogP contribution in [-0.4, -0.2) is 4.57 Å². The van der Waals surface area contributed by atoms with Gasteiger partial charge in [-0.25, -0.2) is 0 Å². The van der Waals surface area contributed by atoms with Crippen molar-refractivity contribution >= 4 is 64.9 Å². The molecule has 0 amide bonds. The topological polar surface area (TPSA) is 4.93 Å². The number of hydrogen-bond donors (Lipinski definition) is 0. The minimum absolute atomic E-state index is 0.786. The van der Waals surface area contributed by atoms with Crippen molar-refractivity contribution in [2.45, 2.75) is 0 Å². The van der Waals surface area contributed by atoms with Crippen LogP contribution < -0.4 is 0 Å². The van der Waals surface area contributed by atoms with E-state index in [1.165, 1.54) is 42.0 Å². The molecule has 0 aliphatic rings. The molecular weight excluding hydrogens is 442 g/mol. The Bertz CT molecular complexity index is 1790. The van der Waals surface area contributed by atoms with Crippen molar-refractivity contribution in [3.05, 3.63) is 114 Å². The highest BCUT2D eigenvalue weighted by molar-refractivity contribution is 7.26. The Balaban J connectivity index is 1.53. The van der Waals surface area contributed by atoms with Gasteiger partial charge < -0.3 is 4.57 Å². The normalized spacial score (nSPS) is 11.8. The molecule has 3 heteroatoms. The first-order chi connectivity index (χ1) is 16.3. The average molecular weight is 460 g/mol. The minimum atomic E-state index is 0.786. The molecule has 0 spiro atoms. The Labute approximate surface area is 200 Å². The van der Waals surface area contributed by atoms with Crippen molar-refractivity contribution in [1.29, 1.82) is 0 Å². The van der Waals surface area contributed by atoms with Gasteiger partial charge in [-0.05, 0) is 42.0 Å². The number of nitrogens with zero attached hydrogens (tertiary/aromatic N) is 1. The summed E-state index contributed by atoms with van der Waals surface area (Å²) in [5, 5.41) is 5.87. The van der Waals surface area contributed by atoms with Crippen LogP contribution in [0.5, 0.6) is 0 Å². The fourth-order valence-electron chi connectivity index (χ4n) is 5.04. The third kappa shape index (κ3) is 2.78. The molecule has 0 bridgehead atoms. The molecule has 0 aliphatic heterocycles. The van der Waals surface area contributed by atoms with Gasteiger partial charge in [0.25, 0.3) is 0 Å². The van der Waals surface area contributed by atoms with Gasteiger partial charge in [0, 0.05) is 47.2 Å². The summed E-state index contributed by atoms with van der Waals surface area (Å²) in [6, 6.07) is 38.7. The van der Waals surface area contributed by atoms with Gasteiger partial charge in [-0.3, -0.25) is 0 Å². The summed E-state index contributed by atoms with van der Waals surface area (Å²) < 4.78 is 4.88. The van der Waals surface area contributed by atoms with E-state index in [1.807, 2.05) is 17.4 Å². The maximum atomic E-state index is 6.83. The summed E-state index contributed by atoms with van der Waals surface area (Å²) in [6.07, 6.45) is 0. The van der Waals surface area contributed by atoms with E-state index in [4.69, 9.17) is 11.6 Å². The number of fused-ring (bicyclic) bond motifs is 6. The lowest BCUT2D eigenvalue weighted by molar-refractivity contribution is 1.18. The van der Waals surface area contributed by atoms with Crippen LogP contribution in [0.15, 0.2) is 109 Å². The molecule has 0 fully saturated rings. The van der Waals surface area contributed by atoms with E-state index >= 15 is 0 Å². The summed E-state index contributed by atoms with van der Waals surface area (Å²) in [4.78, 5) is 0. The maximum absolute atomic E-state index is 6.83. The van der Waals surface area contributed by atoms with Crippen molar-refractivity contribution in [3.8, 4) is 16.8 Å². The molecule has 0 unspecified atom stereocenters. The highest BCUT2D eigenvalue weighted by Crippen LogP contribution is 2.44. The zero-order valence-corrected chi connectivity index (χ0v) is 19.2. The molecule has 2 heterocycles. The Hall–Kier alpha value is -3.59. The molecule has 0 N–H and O–H groups in total. The first kappa shape index (κ1) is 18.9. The predicted molar refractivity (Wildman–Crippen MR) is 144 cm³/mol. The van der Waals surface area contributed by atoms with Gasteiger partial charge in [0.15, 0.2) is 0 Å². The fraction of sp³-hybridized carbons (Fsp3) is 0. The number of rotatable bonds is 2. The second-order valence-corrected chi connectivity index (χ2v) is 9.78. The Morgan fingerprint density at radius 1 is 0.576 bits per heavy atom. The third-order valence-electron chi connectivity index (χ3n) is 6.47. The van der Waals surface area contributed by atoms with E-state index in [9.17, 15) is 0 Å². The van der Waals surface area contributed by atoms with Crippen LogP contribution in [-0.2, 0) is 0 Å². The third-order valence-corrected chi connectivity index (χ3v) is 7.99. The Morgan fingerprint density at radius 2 is 1.24 bits per heavy atom. The van der Waals surface area contributed by atoms with Crippen molar-refractivity contribution in [1.82, 2.24) is 4.57 Å². The summed E-state index contributed by atoms with van der Waals surface area (Å²) >= 11 is 8.65. The molecule has 7 aromatic rings. The zero-order chi connectivity index (χ0) is 21.9. The summed E-state index contributed by atoms with van der Waals surface area (Å²) in [5.74, 6) is 0. The SMILES string of the molecule is Clc1ccc2c(sc3ccccc32)c1-c1cccc(-n2c3ccccc3c3ccccc32)c1. The number of benzene rings is 5. The molecule has 2 aromatic heterocycles. The number of hydrogen-bond acceptors (Lipinski definition) is 1. The van der Waals surface area contributed by atoms with E-state index < -0.39 is 0 Å². The van der Waals surface area contributed by atoms with Crippen LogP contribution in [0.3, 0.4) is 0 Å². The van der Waals surface area contributed by atoms with E-state index in [0.717, 1.165) is 21.8 Å². The van der Waals surface area contributed by atoms with E-state index in [2.05, 4.69) is 108 Å². The Morgan fingerprint density at radius 3 is 2.00 bits per heavy atom. The van der Waals surface area contributed by atoms with Crippen LogP contribution >= 0.6 is 22.9 Å². The number of halogens is 1. The molecule has 0 aliphatic carbocycles. The van der Waals surface area contributed by atoms with E-state index in [0.29, 0.717) is 0 Å². The van der Waals surface area contributed by atoms with Crippen LogP contribution in [0.25, 0.3) is 58.8 Å². The molecule has 1 nitrogen and oxygen atoms in total. The summed E-state index contributed by atoms with van der Waals surface area (Å²) in [6.45, 7) is 0. The van der Waals surface area contributed by atoms with E-state index in [-0.39, 0.29) is 0 Å². The Kier molecular flexibility index (Phi) is 4.14. The van der Waals surface area contributed by atoms with Gasteiger partial charge in [0.2, 0.25) is 0 Å². The maximum Gasteiger partial charge on any atom is 0.0541 e. The van der Waals surface area contributed by atoms with Crippen molar-refractivity contribution in [2.75, 3.05) is 0 Å². The van der Waals surface area contributed by atoms with Gasteiger partial charge >= 0.3 is 0 Å². The van der Waals surface area contributed by atoms with Crippen LogP contribution in [0.4, 0.5) is 0 Å². The smallest absolute Gasteiger partial charge is 0.0541 e. The highest BCUT2D eigenvalue weighted by Gasteiger charge is 2.16. The molecule has 156 valence electrons. The summed E-state index contributed by atoms with van der Waals surface area (Å²) in [5.41, 5.74) is 5.80. The highest BCUT2D eigenvalue weighted by atomic mass is 35.5. The molecule has 33 heavy (non-hydrogen) atoms. The lowest BCUT2D eigenvalue weighted by Gasteiger charge is -2.12. The first-order valence-electron chi connectivity index (χ1n) is 11.0. The number of para-hydroxylation sites is 2. The minimum Gasteiger partial charge on any atom is -0.309 e. The van der Waals surface area contributed by atoms with Crippen molar-refractivity contribution < 1.29 is 0 Å². The second-order valence-electron chi connectivity index (χ2n) is 8.32. The van der Waals surface area contributed by atoms with E-state index in [1.54, 1.807) is 0 Å². The molecule has 0 radical (unpaired) electrons. The number of thiophene rings is 1. The monoisotopic (exact) mass is 459 g/mol. The largest absolute Gasteiger partial charge is 0.309 e. The average Bonchev–Trinajstić information content (AvgIpc) is 3.40. The van der Waals surface area contributed by atoms with Gasteiger partial charge in [0.1, 0.15) is 0 Å². The molecular formula is C30H18ClNS. The van der Waals surface area contributed by atoms with Gasteiger partial charge in [0.05, 0.1) is 11.0 Å². The zero-order valence-electron chi connectivity index (χ0n) is 17.6. The molecule has 0 atom stereocenters. The standard InChI is InChI=1S/C30H18ClNS/c31-25-17-16-24-23-12-3-6-15-28(23)33-30(24)29(25)19-8-7-9-20(18-19)32-26-13-4-1-10-21(26)22-11-2-5-14-27(22)32/h1-18H. The lowest BCUT2D eigenvalue weighted by atomic mass is 10.0. The number of aromatic nitrogens is 1. The first-order valence-corrected chi connectivity index (χ1v) is 12.2. The lowest BCUT2D eigenvalue weighted by Crippen LogP contribution is -1.94. The molecule has 7 rings (SSSR count). The molecule has 0 saturated heterocycles. The molecule has 0 saturated carbocycles. The summed E-state index contributed by atoms with van der Waals surface area (Å²) in [7, 11) is 0. The van der Waals surface area contributed by atoms with Gasteiger partial charge in [-0.1, -0.05) is 84.4 Å². The quantitative estimate of drug-likeness (QED) is 0.242. The second kappa shape index (κ2) is 7.21. The van der Waals surface area contributed by atoms with Crippen molar-refractivity contribution in [2.24, 2.45) is 0 Å². The van der Waals surface area contributed by atoms with Gasteiger partial charge in [-0.15, -0.1) is 11.3 Å². The fourth-order valence-corrected chi connectivity index (χ4v) is 6.63. The van der Waals surface area contributed by atoms with Crippen LogP contribution in [0.2, 0.25) is 5.02 Å². The van der Waals surface area contributed by atoms with Crippen LogP contribution in [0.1, 0.15) is 0 Å². The molecule has 5 aromatic carbocycles. The predicted octanol–water partition coefficient (Wildman–Crippen LogP) is 9.47. The van der Waals surface area contributed by atoms with Gasteiger partial charge in [-0.2, -0.15) is 0 Å². The van der Waals surface area contributed by atoms with Crippen molar-refractivity contribution in [3.63, 3.8) is 0 Å². The van der Waals surface area contributed by atoms with Crippen LogP contribution in [0, 0.1) is 0 Å².